The minimum Gasteiger partial charge on any atom is -0.325 e. The van der Waals surface area contributed by atoms with Gasteiger partial charge in [0.2, 0.25) is 5.91 Å². The molecule has 0 atom stereocenters. The number of benzene rings is 1. The highest BCUT2D eigenvalue weighted by molar-refractivity contribution is 5.91. The molecule has 2 aromatic rings. The van der Waals surface area contributed by atoms with Gasteiger partial charge in [-0.2, -0.15) is 18.3 Å². The molecule has 1 aromatic heterocycles. The van der Waals surface area contributed by atoms with Crippen LogP contribution in [0.1, 0.15) is 17.7 Å². The third-order valence-corrected chi connectivity index (χ3v) is 3.33. The van der Waals surface area contributed by atoms with Crippen LogP contribution in [0.5, 0.6) is 0 Å². The van der Waals surface area contributed by atoms with Gasteiger partial charge < -0.3 is 5.32 Å². The van der Waals surface area contributed by atoms with E-state index < -0.39 is 22.6 Å². The van der Waals surface area contributed by atoms with Gasteiger partial charge in [0.1, 0.15) is 11.9 Å². The normalized spacial score (nSPS) is 11.3. The number of hydrogen-bond acceptors (Lipinski definition) is 4. The Hall–Kier alpha value is -2.91. The van der Waals surface area contributed by atoms with Gasteiger partial charge in [-0.05, 0) is 19.1 Å². The molecular weight excluding hydrogens is 329 g/mol. The fraction of sp³-hybridized carbons (Fsp3) is 0.286. The number of carbonyl (C=O) groups is 1. The lowest BCUT2D eigenvalue weighted by molar-refractivity contribution is -0.385. The van der Waals surface area contributed by atoms with E-state index in [0.29, 0.717) is 0 Å². The van der Waals surface area contributed by atoms with E-state index >= 15 is 0 Å². The van der Waals surface area contributed by atoms with E-state index in [0.717, 1.165) is 18.3 Å². The van der Waals surface area contributed by atoms with E-state index in [1.807, 2.05) is 0 Å². The van der Waals surface area contributed by atoms with Crippen LogP contribution in [0.15, 0.2) is 30.5 Å². The summed E-state index contributed by atoms with van der Waals surface area (Å²) >= 11 is 0. The number of halogens is 3. The van der Waals surface area contributed by atoms with Gasteiger partial charge >= 0.3 is 11.9 Å². The van der Waals surface area contributed by atoms with Crippen LogP contribution in [0.2, 0.25) is 0 Å². The van der Waals surface area contributed by atoms with Crippen molar-refractivity contribution >= 4 is 17.3 Å². The summed E-state index contributed by atoms with van der Waals surface area (Å²) < 4.78 is 39.8. The van der Waals surface area contributed by atoms with Gasteiger partial charge in [0, 0.05) is 6.42 Å². The number of nitro groups is 1. The Balaban J connectivity index is 2.04. The minimum atomic E-state index is -4.58. The molecule has 0 radical (unpaired) electrons. The van der Waals surface area contributed by atoms with Crippen molar-refractivity contribution in [1.82, 2.24) is 9.78 Å². The molecule has 1 amide bonds. The molecule has 0 fully saturated rings. The van der Waals surface area contributed by atoms with Gasteiger partial charge in [0.05, 0.1) is 22.7 Å². The van der Waals surface area contributed by atoms with E-state index in [2.05, 4.69) is 10.4 Å². The standard InChI is InChI=1S/C14H13F3N4O3/c1-9-12(21(23)24)8-18-20(9)7-6-13(22)19-11-5-3-2-4-10(11)14(15,16)17/h2-5,8H,6-7H2,1H3,(H,19,22). The lowest BCUT2D eigenvalue weighted by Crippen LogP contribution is -2.18. The lowest BCUT2D eigenvalue weighted by Gasteiger charge is -2.13. The van der Waals surface area contributed by atoms with Gasteiger partial charge in [-0.25, -0.2) is 0 Å². The van der Waals surface area contributed by atoms with Gasteiger partial charge in [-0.1, -0.05) is 12.1 Å². The number of aryl methyl sites for hydroxylation is 1. The second-order valence-corrected chi connectivity index (χ2v) is 4.94. The van der Waals surface area contributed by atoms with Crippen molar-refractivity contribution in [3.8, 4) is 0 Å². The van der Waals surface area contributed by atoms with Crippen molar-refractivity contribution in [3.05, 3.63) is 51.8 Å². The number of hydrogen-bond donors (Lipinski definition) is 1. The molecule has 1 heterocycles. The second kappa shape index (κ2) is 6.69. The minimum absolute atomic E-state index is 0.0136. The van der Waals surface area contributed by atoms with Crippen LogP contribution >= 0.6 is 0 Å². The van der Waals surface area contributed by atoms with Crippen molar-refractivity contribution in [1.29, 1.82) is 0 Å². The van der Waals surface area contributed by atoms with Crippen molar-refractivity contribution in [3.63, 3.8) is 0 Å². The largest absolute Gasteiger partial charge is 0.418 e. The summed E-state index contributed by atoms with van der Waals surface area (Å²) in [6, 6.07) is 4.64. The number of alkyl halides is 3. The number of nitrogens with one attached hydrogen (secondary N) is 1. The average molecular weight is 342 g/mol. The third kappa shape index (κ3) is 3.89. The monoisotopic (exact) mass is 342 g/mol. The van der Waals surface area contributed by atoms with Crippen LogP contribution in [0.25, 0.3) is 0 Å². The summed E-state index contributed by atoms with van der Waals surface area (Å²) in [4.78, 5) is 22.0. The van der Waals surface area contributed by atoms with Crippen LogP contribution in [0, 0.1) is 17.0 Å². The van der Waals surface area contributed by atoms with E-state index in [1.165, 1.54) is 23.7 Å². The maximum absolute atomic E-state index is 12.9. The van der Waals surface area contributed by atoms with Gasteiger partial charge in [0.15, 0.2) is 0 Å². The molecule has 7 nitrogen and oxygen atoms in total. The molecule has 0 unspecified atom stereocenters. The summed E-state index contributed by atoms with van der Waals surface area (Å²) in [6.45, 7) is 1.49. The summed E-state index contributed by atoms with van der Waals surface area (Å²) in [7, 11) is 0. The van der Waals surface area contributed by atoms with Crippen LogP contribution in [0.3, 0.4) is 0 Å². The fourth-order valence-electron chi connectivity index (χ4n) is 2.10. The Labute approximate surface area is 134 Å². The molecule has 0 bridgehead atoms. The number of carbonyl (C=O) groups excluding carboxylic acids is 1. The summed E-state index contributed by atoms with van der Waals surface area (Å²) in [5, 5.41) is 16.7. The molecule has 0 saturated carbocycles. The van der Waals surface area contributed by atoms with Crippen molar-refractivity contribution in [2.75, 3.05) is 5.32 Å². The van der Waals surface area contributed by atoms with Crippen molar-refractivity contribution in [2.45, 2.75) is 26.1 Å². The zero-order valence-electron chi connectivity index (χ0n) is 12.5. The topological polar surface area (TPSA) is 90.1 Å². The predicted octanol–water partition coefficient (Wildman–Crippen LogP) is 3.15. The van der Waals surface area contributed by atoms with Gasteiger partial charge in [0.25, 0.3) is 0 Å². The smallest absolute Gasteiger partial charge is 0.325 e. The maximum Gasteiger partial charge on any atom is 0.418 e. The molecule has 0 aliphatic carbocycles. The summed E-state index contributed by atoms with van der Waals surface area (Å²) in [6.07, 6.45) is -3.69. The van der Waals surface area contributed by atoms with Crippen molar-refractivity contribution < 1.29 is 22.9 Å². The van der Waals surface area contributed by atoms with Crippen LogP contribution < -0.4 is 5.32 Å². The van der Waals surface area contributed by atoms with E-state index in [9.17, 15) is 28.1 Å². The highest BCUT2D eigenvalue weighted by Gasteiger charge is 2.33. The van der Waals surface area contributed by atoms with Gasteiger partial charge in [-0.3, -0.25) is 19.6 Å². The average Bonchev–Trinajstić information content (AvgIpc) is 2.86. The molecule has 2 rings (SSSR count). The Morgan fingerprint density at radius 3 is 2.62 bits per heavy atom. The van der Waals surface area contributed by atoms with E-state index in [1.54, 1.807) is 0 Å². The molecule has 0 saturated heterocycles. The Morgan fingerprint density at radius 2 is 2.04 bits per heavy atom. The van der Waals surface area contributed by atoms with E-state index in [4.69, 9.17) is 0 Å². The Kier molecular flexibility index (Phi) is 4.86. The quantitative estimate of drug-likeness (QED) is 0.667. The Bertz CT molecular complexity index is 771. The first-order valence-electron chi connectivity index (χ1n) is 6.83. The molecule has 0 aliphatic rings. The number of anilines is 1. The van der Waals surface area contributed by atoms with Crippen LogP contribution in [-0.4, -0.2) is 20.6 Å². The van der Waals surface area contributed by atoms with E-state index in [-0.39, 0.29) is 30.0 Å². The molecule has 24 heavy (non-hydrogen) atoms. The van der Waals surface area contributed by atoms with Gasteiger partial charge in [-0.15, -0.1) is 0 Å². The first-order valence-corrected chi connectivity index (χ1v) is 6.83. The Morgan fingerprint density at radius 1 is 1.38 bits per heavy atom. The highest BCUT2D eigenvalue weighted by atomic mass is 19.4. The number of para-hydroxylation sites is 1. The second-order valence-electron chi connectivity index (χ2n) is 4.94. The molecule has 1 aromatic carbocycles. The molecule has 128 valence electrons. The van der Waals surface area contributed by atoms with Crippen molar-refractivity contribution in [2.24, 2.45) is 0 Å². The maximum atomic E-state index is 12.9. The molecule has 10 heteroatoms. The SMILES string of the molecule is Cc1c([N+](=O)[O-])cnn1CCC(=O)Nc1ccccc1C(F)(F)F. The molecule has 0 aliphatic heterocycles. The fourth-order valence-corrected chi connectivity index (χ4v) is 2.10. The van der Waals surface area contributed by atoms with Crippen LogP contribution in [0.4, 0.5) is 24.5 Å². The first-order chi connectivity index (χ1) is 11.2. The molecule has 1 N–H and O–H groups in total. The molecular formula is C14H13F3N4O3. The number of nitrogens with zero attached hydrogens (tertiary/aromatic N) is 3. The highest BCUT2D eigenvalue weighted by Crippen LogP contribution is 2.34. The number of aromatic nitrogens is 2. The molecule has 0 spiro atoms. The lowest BCUT2D eigenvalue weighted by atomic mass is 10.1. The predicted molar refractivity (Wildman–Crippen MR) is 78.3 cm³/mol. The summed E-state index contributed by atoms with van der Waals surface area (Å²) in [5.74, 6) is -0.649. The summed E-state index contributed by atoms with van der Waals surface area (Å²) in [5.41, 5.74) is -1.19. The number of rotatable bonds is 5. The zero-order valence-corrected chi connectivity index (χ0v) is 12.5. The third-order valence-electron chi connectivity index (χ3n) is 3.33. The zero-order chi connectivity index (χ0) is 17.9. The van der Waals surface area contributed by atoms with Crippen LogP contribution in [-0.2, 0) is 17.5 Å². The number of amides is 1. The first kappa shape index (κ1) is 17.4.